The van der Waals surface area contributed by atoms with Crippen molar-refractivity contribution in [3.63, 3.8) is 0 Å². The van der Waals surface area contributed by atoms with Crippen molar-refractivity contribution in [2.45, 2.75) is 18.3 Å². The minimum Gasteiger partial charge on any atom is -0.313 e. The quantitative estimate of drug-likeness (QED) is 0.482. The molecule has 29 heavy (non-hydrogen) atoms. The highest BCUT2D eigenvalue weighted by molar-refractivity contribution is 7.16. The van der Waals surface area contributed by atoms with E-state index in [9.17, 15) is 9.59 Å². The largest absolute Gasteiger partial charge is 0.325 e. The Morgan fingerprint density at radius 3 is 2.97 bits per heavy atom. The Hall–Kier alpha value is -3.59. The number of imidazole rings is 1. The molecular weight excluding hydrogens is 388 g/mol. The Labute approximate surface area is 166 Å². The van der Waals surface area contributed by atoms with Crippen molar-refractivity contribution in [1.29, 1.82) is 0 Å². The third-order valence-electron chi connectivity index (χ3n) is 5.46. The maximum Gasteiger partial charge on any atom is 0.325 e. The molecule has 2 N–H and O–H groups in total. The van der Waals surface area contributed by atoms with E-state index in [-0.39, 0.29) is 0 Å². The maximum absolute atomic E-state index is 12.3. The number of hydrogen-bond acceptors (Lipinski definition) is 6. The number of rotatable bonds is 3. The Morgan fingerprint density at radius 1 is 1.14 bits per heavy atom. The summed E-state index contributed by atoms with van der Waals surface area (Å²) in [5.74, 6) is 0.694. The van der Waals surface area contributed by atoms with E-state index in [4.69, 9.17) is 0 Å². The summed E-state index contributed by atoms with van der Waals surface area (Å²) in [5.41, 5.74) is 5.85. The second-order valence-corrected chi connectivity index (χ2v) is 8.08. The number of nitrogens with zero attached hydrogens (tertiary/aromatic N) is 4. The molecule has 1 aromatic carbocycles. The summed E-state index contributed by atoms with van der Waals surface area (Å²) in [5, 5.41) is 4.50. The van der Waals surface area contributed by atoms with Crippen LogP contribution < -0.4 is 11.2 Å². The van der Waals surface area contributed by atoms with E-state index in [0.717, 1.165) is 23.1 Å². The predicted molar refractivity (Wildman–Crippen MR) is 109 cm³/mol. The van der Waals surface area contributed by atoms with Crippen molar-refractivity contribution in [3.05, 3.63) is 80.3 Å². The monoisotopic (exact) mass is 402 g/mol. The number of aromatic amines is 2. The van der Waals surface area contributed by atoms with Gasteiger partial charge in [0, 0.05) is 24.2 Å². The van der Waals surface area contributed by atoms with Crippen molar-refractivity contribution >= 4 is 27.2 Å². The van der Waals surface area contributed by atoms with Crippen molar-refractivity contribution in [3.8, 4) is 11.3 Å². The van der Waals surface area contributed by atoms with Crippen LogP contribution in [0.15, 0.2) is 58.0 Å². The zero-order valence-corrected chi connectivity index (χ0v) is 15.8. The summed E-state index contributed by atoms with van der Waals surface area (Å²) in [6.07, 6.45) is 5.88. The number of hydrogen-bond donors (Lipinski definition) is 2. The third kappa shape index (κ3) is 2.62. The van der Waals surface area contributed by atoms with Crippen LogP contribution in [0.4, 0.5) is 0 Å². The first-order valence-electron chi connectivity index (χ1n) is 9.17. The summed E-state index contributed by atoms with van der Waals surface area (Å²) in [6, 6.07) is 8.35. The van der Waals surface area contributed by atoms with Crippen LogP contribution in [-0.4, -0.2) is 29.5 Å². The van der Waals surface area contributed by atoms with Crippen molar-refractivity contribution < 1.29 is 0 Å². The van der Waals surface area contributed by atoms with Gasteiger partial charge in [0.05, 0.1) is 27.0 Å². The zero-order chi connectivity index (χ0) is 19.5. The number of aromatic nitrogens is 6. The van der Waals surface area contributed by atoms with Gasteiger partial charge in [-0.15, -0.1) is 11.3 Å². The SMILES string of the molecule is O=c1[nH]cc(-c2cc([C@H]3C[C@@H]3c3ccc4ncsc4c3)c3nccn3n2)c(=O)[nH]1. The van der Waals surface area contributed by atoms with Gasteiger partial charge in [0.2, 0.25) is 0 Å². The van der Waals surface area contributed by atoms with Crippen LogP contribution in [0.3, 0.4) is 0 Å². The normalized spacial score (nSPS) is 18.5. The lowest BCUT2D eigenvalue weighted by Gasteiger charge is -2.07. The van der Waals surface area contributed by atoms with Gasteiger partial charge in [0.25, 0.3) is 5.56 Å². The van der Waals surface area contributed by atoms with Gasteiger partial charge in [-0.1, -0.05) is 6.07 Å². The number of H-pyrrole nitrogens is 2. The minimum absolute atomic E-state index is 0.300. The molecule has 0 spiro atoms. The molecule has 6 rings (SSSR count). The molecule has 2 atom stereocenters. The Bertz CT molecular complexity index is 1510. The number of nitrogens with one attached hydrogen (secondary N) is 2. The lowest BCUT2D eigenvalue weighted by atomic mass is 10.0. The molecule has 4 aromatic heterocycles. The third-order valence-corrected chi connectivity index (χ3v) is 6.25. The first-order valence-corrected chi connectivity index (χ1v) is 10.0. The van der Waals surface area contributed by atoms with E-state index >= 15 is 0 Å². The molecule has 0 bridgehead atoms. The molecule has 0 unspecified atom stereocenters. The van der Waals surface area contributed by atoms with Crippen LogP contribution in [0.25, 0.3) is 27.1 Å². The van der Waals surface area contributed by atoms with Crippen LogP contribution in [-0.2, 0) is 0 Å². The average Bonchev–Trinajstić information content (AvgIpc) is 3.13. The van der Waals surface area contributed by atoms with Gasteiger partial charge < -0.3 is 4.98 Å². The molecular formula is C20H14N6O2S. The summed E-state index contributed by atoms with van der Waals surface area (Å²) in [6.45, 7) is 0. The molecule has 8 nitrogen and oxygen atoms in total. The van der Waals surface area contributed by atoms with Gasteiger partial charge in [-0.05, 0) is 42.0 Å². The first kappa shape index (κ1) is 16.4. The number of fused-ring (bicyclic) bond motifs is 2. The molecule has 1 aliphatic carbocycles. The lowest BCUT2D eigenvalue weighted by Crippen LogP contribution is -2.23. The molecule has 1 fully saturated rings. The highest BCUT2D eigenvalue weighted by Gasteiger charge is 2.41. The summed E-state index contributed by atoms with van der Waals surface area (Å²) in [4.78, 5) is 37.2. The van der Waals surface area contributed by atoms with Crippen LogP contribution in [0.5, 0.6) is 0 Å². The Morgan fingerprint density at radius 2 is 2.07 bits per heavy atom. The summed E-state index contributed by atoms with van der Waals surface area (Å²) in [7, 11) is 0. The van der Waals surface area contributed by atoms with Crippen LogP contribution >= 0.6 is 11.3 Å². The average molecular weight is 402 g/mol. The molecule has 4 heterocycles. The van der Waals surface area contributed by atoms with E-state index in [1.807, 2.05) is 11.6 Å². The smallest absolute Gasteiger partial charge is 0.313 e. The lowest BCUT2D eigenvalue weighted by molar-refractivity contribution is 0.906. The highest BCUT2D eigenvalue weighted by atomic mass is 32.1. The van der Waals surface area contributed by atoms with Crippen molar-refractivity contribution in [2.75, 3.05) is 0 Å². The summed E-state index contributed by atoms with van der Waals surface area (Å²) < 4.78 is 2.88. The van der Waals surface area contributed by atoms with Gasteiger partial charge in [-0.2, -0.15) is 5.10 Å². The molecule has 0 radical (unpaired) electrons. The van der Waals surface area contributed by atoms with E-state index in [1.54, 1.807) is 28.2 Å². The molecule has 5 aromatic rings. The Kier molecular flexibility index (Phi) is 3.36. The van der Waals surface area contributed by atoms with Gasteiger partial charge in [0.1, 0.15) is 0 Å². The van der Waals surface area contributed by atoms with Crippen LogP contribution in [0.2, 0.25) is 0 Å². The first-order chi connectivity index (χ1) is 14.2. The fourth-order valence-electron chi connectivity index (χ4n) is 3.96. The fourth-order valence-corrected chi connectivity index (χ4v) is 4.68. The van der Waals surface area contributed by atoms with Gasteiger partial charge in [-0.25, -0.2) is 19.3 Å². The second-order valence-electron chi connectivity index (χ2n) is 7.19. The maximum atomic E-state index is 12.3. The molecule has 0 aliphatic heterocycles. The van der Waals surface area contributed by atoms with Crippen molar-refractivity contribution in [2.24, 2.45) is 0 Å². The van der Waals surface area contributed by atoms with Crippen LogP contribution in [0.1, 0.15) is 29.4 Å². The standard InChI is InChI=1S/C20H14N6O2S/c27-19-14(8-22-20(28)24-19)16-7-13(18-21-3-4-26(18)25-16)12-6-11(12)10-1-2-15-17(5-10)29-9-23-15/h1-5,7-9,11-12H,6H2,(H2,22,24,27,28)/t11-,12+/m1/s1. The molecule has 1 saturated carbocycles. The molecule has 0 saturated heterocycles. The minimum atomic E-state index is -0.539. The van der Waals surface area contributed by atoms with Crippen LogP contribution in [0, 0.1) is 0 Å². The topological polar surface area (TPSA) is 109 Å². The molecule has 1 aliphatic rings. The fraction of sp³-hybridized carbons (Fsp3) is 0.150. The molecule has 9 heteroatoms. The molecule has 142 valence electrons. The van der Waals surface area contributed by atoms with Gasteiger partial charge in [-0.3, -0.25) is 9.78 Å². The zero-order valence-electron chi connectivity index (χ0n) is 15.0. The number of benzene rings is 1. The van der Waals surface area contributed by atoms with E-state index in [0.29, 0.717) is 23.1 Å². The van der Waals surface area contributed by atoms with E-state index < -0.39 is 11.2 Å². The number of thiazole rings is 1. The van der Waals surface area contributed by atoms with Crippen molar-refractivity contribution in [1.82, 2.24) is 29.5 Å². The van der Waals surface area contributed by atoms with E-state index in [2.05, 4.69) is 43.2 Å². The van der Waals surface area contributed by atoms with E-state index in [1.165, 1.54) is 16.5 Å². The highest BCUT2D eigenvalue weighted by Crippen LogP contribution is 2.56. The second kappa shape index (κ2) is 5.95. The predicted octanol–water partition coefficient (Wildman–Crippen LogP) is 2.65. The van der Waals surface area contributed by atoms with Gasteiger partial charge in [0.15, 0.2) is 5.65 Å². The summed E-state index contributed by atoms with van der Waals surface area (Å²) >= 11 is 1.65. The van der Waals surface area contributed by atoms with Gasteiger partial charge >= 0.3 is 5.69 Å². The Balaban J connectivity index is 1.45. The molecule has 0 amide bonds.